The fourth-order valence-corrected chi connectivity index (χ4v) is 1.73. The van der Waals surface area contributed by atoms with Crippen LogP contribution in [0, 0.1) is 6.92 Å². The lowest BCUT2D eigenvalue weighted by Crippen LogP contribution is -1.95. The van der Waals surface area contributed by atoms with Crippen LogP contribution in [0.15, 0.2) is 28.8 Å². The van der Waals surface area contributed by atoms with E-state index >= 15 is 0 Å². The van der Waals surface area contributed by atoms with E-state index < -0.39 is 0 Å². The second kappa shape index (κ2) is 4.41. The van der Waals surface area contributed by atoms with Gasteiger partial charge in [-0.2, -0.15) is 0 Å². The smallest absolute Gasteiger partial charge is 0.165 e. The second-order valence-corrected chi connectivity index (χ2v) is 3.75. The number of ether oxygens (including phenoxy) is 1. The van der Waals surface area contributed by atoms with E-state index in [2.05, 4.69) is 5.16 Å². The number of carbonyl (C=O) groups is 1. The van der Waals surface area contributed by atoms with Gasteiger partial charge in [0.05, 0.1) is 12.7 Å². The van der Waals surface area contributed by atoms with Gasteiger partial charge in [-0.3, -0.25) is 4.79 Å². The number of ketones is 1. The number of hydrogen-bond donors (Lipinski definition) is 0. The Morgan fingerprint density at radius 1 is 1.29 bits per heavy atom. The average Bonchev–Trinajstić information content (AvgIpc) is 2.71. The summed E-state index contributed by atoms with van der Waals surface area (Å²) in [4.78, 5) is 11.5. The summed E-state index contributed by atoms with van der Waals surface area (Å²) < 4.78 is 10.1. The van der Waals surface area contributed by atoms with Crippen LogP contribution in [-0.4, -0.2) is 18.0 Å². The van der Waals surface area contributed by atoms with Gasteiger partial charge in [0.1, 0.15) is 17.2 Å². The number of hydrogen-bond acceptors (Lipinski definition) is 4. The highest BCUT2D eigenvalue weighted by atomic mass is 16.5. The molecular weight excluding hydrogens is 218 g/mol. The molecule has 0 fully saturated rings. The zero-order valence-electron chi connectivity index (χ0n) is 9.98. The molecule has 0 radical (unpaired) electrons. The van der Waals surface area contributed by atoms with Crippen LogP contribution >= 0.6 is 0 Å². The van der Waals surface area contributed by atoms with Crippen molar-refractivity contribution in [1.29, 1.82) is 0 Å². The van der Waals surface area contributed by atoms with E-state index in [1.807, 2.05) is 24.3 Å². The third kappa shape index (κ3) is 2.06. The van der Waals surface area contributed by atoms with Crippen LogP contribution in [0.5, 0.6) is 5.75 Å². The molecule has 88 valence electrons. The van der Waals surface area contributed by atoms with E-state index in [9.17, 15) is 4.79 Å². The molecule has 0 aliphatic carbocycles. The summed E-state index contributed by atoms with van der Waals surface area (Å²) in [6.45, 7) is 3.24. The number of Topliss-reactive ketones (excluding diaryl/α,β-unsaturated/α-hetero) is 1. The van der Waals surface area contributed by atoms with Crippen molar-refractivity contribution in [2.24, 2.45) is 0 Å². The summed E-state index contributed by atoms with van der Waals surface area (Å²) >= 11 is 0. The number of aromatic nitrogens is 1. The van der Waals surface area contributed by atoms with Crippen LogP contribution < -0.4 is 4.74 Å². The van der Waals surface area contributed by atoms with Gasteiger partial charge in [0.15, 0.2) is 5.78 Å². The molecule has 0 aliphatic rings. The van der Waals surface area contributed by atoms with Crippen LogP contribution in [-0.2, 0) is 0 Å². The molecule has 0 spiro atoms. The summed E-state index contributed by atoms with van der Waals surface area (Å²) in [5.41, 5.74) is 1.96. The molecule has 1 aromatic carbocycles. The predicted molar refractivity (Wildman–Crippen MR) is 63.2 cm³/mol. The first-order chi connectivity index (χ1) is 8.13. The van der Waals surface area contributed by atoms with Crippen LogP contribution in [0.4, 0.5) is 0 Å². The quantitative estimate of drug-likeness (QED) is 0.762. The van der Waals surface area contributed by atoms with Crippen molar-refractivity contribution >= 4 is 5.78 Å². The Labute approximate surface area is 99.2 Å². The van der Waals surface area contributed by atoms with Crippen LogP contribution in [0.2, 0.25) is 0 Å². The zero-order chi connectivity index (χ0) is 12.4. The molecule has 4 heteroatoms. The first kappa shape index (κ1) is 11.4. The van der Waals surface area contributed by atoms with Gasteiger partial charge in [0, 0.05) is 5.56 Å². The third-order valence-electron chi connectivity index (χ3n) is 2.58. The maximum Gasteiger partial charge on any atom is 0.165 e. The molecule has 1 heterocycles. The van der Waals surface area contributed by atoms with Gasteiger partial charge < -0.3 is 9.26 Å². The molecule has 0 unspecified atom stereocenters. The SMILES string of the molecule is COc1ccc(-c2noc(C)c2C(C)=O)cc1. The zero-order valence-corrected chi connectivity index (χ0v) is 9.98. The highest BCUT2D eigenvalue weighted by Gasteiger charge is 2.18. The van der Waals surface area contributed by atoms with E-state index in [1.54, 1.807) is 14.0 Å². The molecule has 2 rings (SSSR count). The van der Waals surface area contributed by atoms with E-state index in [1.165, 1.54) is 6.92 Å². The Kier molecular flexibility index (Phi) is 2.95. The van der Waals surface area contributed by atoms with Crippen molar-refractivity contribution in [2.75, 3.05) is 7.11 Å². The molecule has 0 bridgehead atoms. The number of benzene rings is 1. The second-order valence-electron chi connectivity index (χ2n) is 3.75. The Balaban J connectivity index is 2.49. The van der Waals surface area contributed by atoms with E-state index in [-0.39, 0.29) is 5.78 Å². The molecule has 0 saturated carbocycles. The maximum absolute atomic E-state index is 11.5. The average molecular weight is 231 g/mol. The molecule has 0 amide bonds. The molecule has 0 saturated heterocycles. The highest BCUT2D eigenvalue weighted by Crippen LogP contribution is 2.27. The predicted octanol–water partition coefficient (Wildman–Crippen LogP) is 2.86. The maximum atomic E-state index is 11.5. The van der Waals surface area contributed by atoms with Crippen molar-refractivity contribution in [3.8, 4) is 17.0 Å². The lowest BCUT2D eigenvalue weighted by atomic mass is 10.0. The van der Waals surface area contributed by atoms with Crippen molar-refractivity contribution in [3.05, 3.63) is 35.6 Å². The lowest BCUT2D eigenvalue weighted by Gasteiger charge is -2.01. The molecule has 2 aromatic rings. The fraction of sp³-hybridized carbons (Fsp3) is 0.231. The number of aryl methyl sites for hydroxylation is 1. The van der Waals surface area contributed by atoms with Gasteiger partial charge >= 0.3 is 0 Å². The van der Waals surface area contributed by atoms with E-state index in [4.69, 9.17) is 9.26 Å². The largest absolute Gasteiger partial charge is 0.497 e. The topological polar surface area (TPSA) is 52.3 Å². The first-order valence-corrected chi connectivity index (χ1v) is 5.25. The summed E-state index contributed by atoms with van der Waals surface area (Å²) in [5.74, 6) is 1.26. The monoisotopic (exact) mass is 231 g/mol. The lowest BCUT2D eigenvalue weighted by molar-refractivity contribution is 0.101. The third-order valence-corrected chi connectivity index (χ3v) is 2.58. The van der Waals surface area contributed by atoms with Crippen molar-refractivity contribution in [3.63, 3.8) is 0 Å². The molecule has 0 aliphatic heterocycles. The summed E-state index contributed by atoms with van der Waals surface area (Å²) in [6, 6.07) is 7.34. The fourth-order valence-electron chi connectivity index (χ4n) is 1.73. The first-order valence-electron chi connectivity index (χ1n) is 5.25. The Hall–Kier alpha value is -2.10. The van der Waals surface area contributed by atoms with Gasteiger partial charge in [-0.1, -0.05) is 5.16 Å². The molecule has 0 atom stereocenters. The number of nitrogens with zero attached hydrogens (tertiary/aromatic N) is 1. The number of methoxy groups -OCH3 is 1. The molecule has 4 nitrogen and oxygen atoms in total. The minimum absolute atomic E-state index is 0.0467. The van der Waals surface area contributed by atoms with Crippen molar-refractivity contribution in [1.82, 2.24) is 5.16 Å². The summed E-state index contributed by atoms with van der Waals surface area (Å²) in [5, 5.41) is 3.93. The highest BCUT2D eigenvalue weighted by molar-refractivity contribution is 6.00. The van der Waals surface area contributed by atoms with Crippen LogP contribution in [0.25, 0.3) is 11.3 Å². The van der Waals surface area contributed by atoms with Crippen molar-refractivity contribution in [2.45, 2.75) is 13.8 Å². The minimum atomic E-state index is -0.0467. The van der Waals surface area contributed by atoms with Gasteiger partial charge in [-0.15, -0.1) is 0 Å². The molecule has 17 heavy (non-hydrogen) atoms. The van der Waals surface area contributed by atoms with Crippen molar-refractivity contribution < 1.29 is 14.1 Å². The van der Waals surface area contributed by atoms with Gasteiger partial charge in [0.2, 0.25) is 0 Å². The Morgan fingerprint density at radius 3 is 2.47 bits per heavy atom. The van der Waals surface area contributed by atoms with Gasteiger partial charge in [0.25, 0.3) is 0 Å². The van der Waals surface area contributed by atoms with Gasteiger partial charge in [-0.05, 0) is 38.1 Å². The van der Waals surface area contributed by atoms with Gasteiger partial charge in [-0.25, -0.2) is 0 Å². The summed E-state index contributed by atoms with van der Waals surface area (Å²) in [6.07, 6.45) is 0. The Bertz CT molecular complexity index is 540. The van der Waals surface area contributed by atoms with Crippen LogP contribution in [0.1, 0.15) is 23.0 Å². The van der Waals surface area contributed by atoms with Crippen LogP contribution in [0.3, 0.4) is 0 Å². The molecule has 1 aromatic heterocycles. The summed E-state index contributed by atoms with van der Waals surface area (Å²) in [7, 11) is 1.61. The normalized spacial score (nSPS) is 10.3. The molecular formula is C13H13NO3. The van der Waals surface area contributed by atoms with E-state index in [0.717, 1.165) is 11.3 Å². The number of carbonyl (C=O) groups excluding carboxylic acids is 1. The van der Waals surface area contributed by atoms with E-state index in [0.29, 0.717) is 17.0 Å². The minimum Gasteiger partial charge on any atom is -0.497 e. The standard InChI is InChI=1S/C13H13NO3/c1-8(15)12-9(2)17-14-13(12)10-4-6-11(16-3)7-5-10/h4-7H,1-3H3. The number of rotatable bonds is 3. The Morgan fingerprint density at radius 2 is 1.94 bits per heavy atom. The molecule has 0 N–H and O–H groups in total.